The summed E-state index contributed by atoms with van der Waals surface area (Å²) < 4.78 is 54.3. The number of nitrogens with zero attached hydrogens (tertiary/aromatic N) is 1. The lowest BCUT2D eigenvalue weighted by molar-refractivity contribution is -0.120. The topological polar surface area (TPSA) is 66.5 Å². The number of amides is 1. The predicted octanol–water partition coefficient (Wildman–Crippen LogP) is 3.77. The van der Waals surface area contributed by atoms with E-state index in [1.54, 1.807) is 24.3 Å². The number of halogens is 3. The monoisotopic (exact) mass is 458 g/mol. The Morgan fingerprint density at radius 2 is 1.70 bits per heavy atom. The normalized spacial score (nSPS) is 16.3. The summed E-state index contributed by atoms with van der Waals surface area (Å²) in [6.07, 6.45) is 0.608. The van der Waals surface area contributed by atoms with Gasteiger partial charge in [-0.2, -0.15) is 4.31 Å². The van der Waals surface area contributed by atoms with Gasteiger partial charge in [-0.05, 0) is 55.3 Å². The number of carbonyl (C=O) groups excluding carboxylic acids is 1. The SMILES string of the molecule is O=C(Nc1ccc(Br)cc1)C1CCN(S(=O)(=O)c2cc(F)ccc2F)CC1. The molecule has 0 aliphatic carbocycles. The minimum absolute atomic E-state index is 0.0662. The van der Waals surface area contributed by atoms with Gasteiger partial charge in [0.25, 0.3) is 0 Å². The summed E-state index contributed by atoms with van der Waals surface area (Å²) >= 11 is 3.32. The fourth-order valence-electron chi connectivity index (χ4n) is 2.95. The van der Waals surface area contributed by atoms with E-state index in [0.717, 1.165) is 20.9 Å². The van der Waals surface area contributed by atoms with Crippen molar-refractivity contribution in [1.29, 1.82) is 0 Å². The van der Waals surface area contributed by atoms with Gasteiger partial charge in [0.05, 0.1) is 0 Å². The van der Waals surface area contributed by atoms with Crippen LogP contribution in [0.1, 0.15) is 12.8 Å². The summed E-state index contributed by atoms with van der Waals surface area (Å²) in [7, 11) is -4.15. The third-order valence-electron chi connectivity index (χ3n) is 4.45. The second kappa shape index (κ2) is 8.04. The maximum atomic E-state index is 13.9. The number of carbonyl (C=O) groups is 1. The molecule has 1 amide bonds. The number of piperidine rings is 1. The molecule has 5 nitrogen and oxygen atoms in total. The highest BCUT2D eigenvalue weighted by Crippen LogP contribution is 2.27. The molecule has 9 heteroatoms. The van der Waals surface area contributed by atoms with E-state index in [0.29, 0.717) is 24.6 Å². The Hall–Kier alpha value is -1.84. The van der Waals surface area contributed by atoms with Gasteiger partial charge in [-0.15, -0.1) is 0 Å². The number of anilines is 1. The van der Waals surface area contributed by atoms with Gasteiger partial charge in [0.2, 0.25) is 15.9 Å². The molecule has 2 aromatic rings. The highest BCUT2D eigenvalue weighted by molar-refractivity contribution is 9.10. The number of sulfonamides is 1. The van der Waals surface area contributed by atoms with Gasteiger partial charge in [0, 0.05) is 29.2 Å². The van der Waals surface area contributed by atoms with Crippen molar-refractivity contribution in [2.45, 2.75) is 17.7 Å². The van der Waals surface area contributed by atoms with Crippen LogP contribution in [0.15, 0.2) is 51.8 Å². The van der Waals surface area contributed by atoms with E-state index < -0.39 is 26.6 Å². The molecule has 144 valence electrons. The summed E-state index contributed by atoms with van der Waals surface area (Å²) in [4.78, 5) is 11.7. The second-order valence-electron chi connectivity index (χ2n) is 6.25. The standard InChI is InChI=1S/C18H17BrF2N2O3S/c19-13-1-4-15(5-2-13)22-18(24)12-7-9-23(10-8-12)27(25,26)17-11-14(20)3-6-16(17)21/h1-6,11-12H,7-10H2,(H,22,24). The molecule has 1 aliphatic heterocycles. The van der Waals surface area contributed by atoms with Crippen LogP contribution in [0.25, 0.3) is 0 Å². The van der Waals surface area contributed by atoms with Crippen LogP contribution in [0.3, 0.4) is 0 Å². The zero-order valence-electron chi connectivity index (χ0n) is 14.2. The van der Waals surface area contributed by atoms with Crippen LogP contribution >= 0.6 is 15.9 Å². The van der Waals surface area contributed by atoms with Gasteiger partial charge in [-0.25, -0.2) is 17.2 Å². The molecule has 0 radical (unpaired) electrons. The number of hydrogen-bond donors (Lipinski definition) is 1. The van der Waals surface area contributed by atoms with Crippen molar-refractivity contribution in [3.05, 3.63) is 58.6 Å². The molecule has 0 unspecified atom stereocenters. The molecule has 0 saturated carbocycles. The summed E-state index contributed by atoms with van der Waals surface area (Å²) in [5, 5.41) is 2.80. The Balaban J connectivity index is 1.65. The largest absolute Gasteiger partial charge is 0.326 e. The van der Waals surface area contributed by atoms with Crippen molar-refractivity contribution in [2.24, 2.45) is 5.92 Å². The Labute approximate surface area is 164 Å². The molecule has 27 heavy (non-hydrogen) atoms. The maximum Gasteiger partial charge on any atom is 0.246 e. The molecule has 1 N–H and O–H groups in total. The van der Waals surface area contributed by atoms with Gasteiger partial charge >= 0.3 is 0 Å². The van der Waals surface area contributed by atoms with Crippen LogP contribution in [0, 0.1) is 17.6 Å². The minimum Gasteiger partial charge on any atom is -0.326 e. The van der Waals surface area contributed by atoms with Crippen LogP contribution in [-0.4, -0.2) is 31.7 Å². The zero-order valence-corrected chi connectivity index (χ0v) is 16.6. The summed E-state index contributed by atoms with van der Waals surface area (Å²) in [5.74, 6) is -2.35. The van der Waals surface area contributed by atoms with Crippen molar-refractivity contribution >= 4 is 37.5 Å². The molecule has 1 fully saturated rings. The molecular formula is C18H17BrF2N2O3S. The van der Waals surface area contributed by atoms with Crippen LogP contribution in [-0.2, 0) is 14.8 Å². The average Bonchev–Trinajstić information content (AvgIpc) is 2.65. The van der Waals surface area contributed by atoms with Crippen molar-refractivity contribution in [1.82, 2.24) is 4.31 Å². The summed E-state index contributed by atoms with van der Waals surface area (Å²) in [6, 6.07) is 9.46. The highest BCUT2D eigenvalue weighted by Gasteiger charge is 2.33. The van der Waals surface area contributed by atoms with Crippen molar-refractivity contribution in [2.75, 3.05) is 18.4 Å². The minimum atomic E-state index is -4.15. The van der Waals surface area contributed by atoms with Crippen LogP contribution in [0.5, 0.6) is 0 Å². The quantitative estimate of drug-likeness (QED) is 0.758. The molecule has 3 rings (SSSR count). The number of nitrogens with one attached hydrogen (secondary N) is 1. The third-order valence-corrected chi connectivity index (χ3v) is 6.89. The molecule has 0 spiro atoms. The van der Waals surface area contributed by atoms with E-state index in [2.05, 4.69) is 21.2 Å². The fraction of sp³-hybridized carbons (Fsp3) is 0.278. The molecule has 0 atom stereocenters. The first kappa shape index (κ1) is 19.9. The lowest BCUT2D eigenvalue weighted by atomic mass is 9.97. The first-order chi connectivity index (χ1) is 12.8. The number of benzene rings is 2. The molecule has 0 aromatic heterocycles. The molecule has 1 heterocycles. The van der Waals surface area contributed by atoms with E-state index in [-0.39, 0.29) is 24.9 Å². The van der Waals surface area contributed by atoms with Crippen LogP contribution < -0.4 is 5.32 Å². The Bertz CT molecular complexity index is 944. The van der Waals surface area contributed by atoms with Gasteiger partial charge in [-0.3, -0.25) is 4.79 Å². The van der Waals surface area contributed by atoms with E-state index in [1.807, 2.05) is 0 Å². The van der Waals surface area contributed by atoms with E-state index >= 15 is 0 Å². The Morgan fingerprint density at radius 1 is 1.07 bits per heavy atom. The smallest absolute Gasteiger partial charge is 0.246 e. The van der Waals surface area contributed by atoms with Crippen molar-refractivity contribution < 1.29 is 22.0 Å². The number of hydrogen-bond acceptors (Lipinski definition) is 3. The average molecular weight is 459 g/mol. The molecule has 1 aliphatic rings. The first-order valence-electron chi connectivity index (χ1n) is 8.29. The maximum absolute atomic E-state index is 13.9. The van der Waals surface area contributed by atoms with Crippen LogP contribution in [0.2, 0.25) is 0 Å². The number of rotatable bonds is 4. The molecule has 2 aromatic carbocycles. The van der Waals surface area contributed by atoms with E-state index in [1.165, 1.54) is 0 Å². The Kier molecular flexibility index (Phi) is 5.92. The lowest BCUT2D eigenvalue weighted by Gasteiger charge is -2.30. The fourth-order valence-corrected chi connectivity index (χ4v) is 4.76. The predicted molar refractivity (Wildman–Crippen MR) is 101 cm³/mol. The van der Waals surface area contributed by atoms with E-state index in [4.69, 9.17) is 0 Å². The van der Waals surface area contributed by atoms with Crippen LogP contribution in [0.4, 0.5) is 14.5 Å². The van der Waals surface area contributed by atoms with Gasteiger partial charge in [-0.1, -0.05) is 15.9 Å². The summed E-state index contributed by atoms with van der Waals surface area (Å²) in [5.41, 5.74) is 0.653. The van der Waals surface area contributed by atoms with E-state index in [9.17, 15) is 22.0 Å². The molecule has 1 saturated heterocycles. The second-order valence-corrected chi connectivity index (χ2v) is 9.07. The van der Waals surface area contributed by atoms with Gasteiger partial charge in [0.15, 0.2) is 0 Å². The summed E-state index contributed by atoms with van der Waals surface area (Å²) in [6.45, 7) is 0.132. The molecular weight excluding hydrogens is 442 g/mol. The Morgan fingerprint density at radius 3 is 2.33 bits per heavy atom. The van der Waals surface area contributed by atoms with Crippen molar-refractivity contribution in [3.8, 4) is 0 Å². The third kappa shape index (κ3) is 4.53. The van der Waals surface area contributed by atoms with Gasteiger partial charge < -0.3 is 5.32 Å². The lowest BCUT2D eigenvalue weighted by Crippen LogP contribution is -2.41. The first-order valence-corrected chi connectivity index (χ1v) is 10.5. The zero-order chi connectivity index (χ0) is 19.6. The van der Waals surface area contributed by atoms with Crippen molar-refractivity contribution in [3.63, 3.8) is 0 Å². The highest BCUT2D eigenvalue weighted by atomic mass is 79.9. The van der Waals surface area contributed by atoms with Gasteiger partial charge in [0.1, 0.15) is 16.5 Å². The molecule has 0 bridgehead atoms.